The van der Waals surface area contributed by atoms with Gasteiger partial charge in [0.2, 0.25) is 0 Å². The maximum atomic E-state index is 5.47. The Balaban J connectivity index is 2.50. The van der Waals surface area contributed by atoms with E-state index in [1.807, 2.05) is 13.8 Å². The van der Waals surface area contributed by atoms with Crippen LogP contribution in [-0.2, 0) is 11.3 Å². The molecule has 0 saturated carbocycles. The first-order valence-electron chi connectivity index (χ1n) is 5.76. The monoisotopic (exact) mass is 227 g/mol. The van der Waals surface area contributed by atoms with Crippen LogP contribution in [0.2, 0.25) is 0 Å². The number of aromatic nitrogens is 4. The highest BCUT2D eigenvalue weighted by Gasteiger charge is 2.12. The molecule has 6 nitrogen and oxygen atoms in total. The van der Waals surface area contributed by atoms with Crippen molar-refractivity contribution in [2.24, 2.45) is 0 Å². The van der Waals surface area contributed by atoms with Crippen molar-refractivity contribution in [3.05, 3.63) is 5.82 Å². The van der Waals surface area contributed by atoms with Gasteiger partial charge in [0, 0.05) is 0 Å². The van der Waals surface area contributed by atoms with E-state index in [1.54, 1.807) is 4.68 Å². The lowest BCUT2D eigenvalue weighted by atomic mass is 10.3. The lowest BCUT2D eigenvalue weighted by Gasteiger charge is -2.12. The lowest BCUT2D eigenvalue weighted by Crippen LogP contribution is -2.23. The van der Waals surface area contributed by atoms with Crippen LogP contribution in [0.25, 0.3) is 0 Å². The van der Waals surface area contributed by atoms with E-state index in [0.29, 0.717) is 13.2 Å². The maximum absolute atomic E-state index is 5.47. The van der Waals surface area contributed by atoms with Crippen molar-refractivity contribution in [3.63, 3.8) is 0 Å². The zero-order valence-electron chi connectivity index (χ0n) is 10.5. The Labute approximate surface area is 96.4 Å². The third kappa shape index (κ3) is 3.86. The second-order valence-corrected chi connectivity index (χ2v) is 3.96. The summed E-state index contributed by atoms with van der Waals surface area (Å²) in [5, 5.41) is 14.9. The zero-order valence-corrected chi connectivity index (χ0v) is 10.5. The molecule has 92 valence electrons. The summed E-state index contributed by atoms with van der Waals surface area (Å²) in [4.78, 5) is 0. The smallest absolute Gasteiger partial charge is 0.168 e. The Hall–Kier alpha value is -1.01. The van der Waals surface area contributed by atoms with Crippen LogP contribution in [0.15, 0.2) is 0 Å². The fourth-order valence-corrected chi connectivity index (χ4v) is 1.45. The number of ether oxygens (including phenoxy) is 1. The van der Waals surface area contributed by atoms with Crippen molar-refractivity contribution in [3.8, 4) is 0 Å². The van der Waals surface area contributed by atoms with Crippen LogP contribution in [0.5, 0.6) is 0 Å². The van der Waals surface area contributed by atoms with Crippen molar-refractivity contribution < 1.29 is 4.74 Å². The minimum absolute atomic E-state index is 0.166. The fourth-order valence-electron chi connectivity index (χ4n) is 1.45. The molecule has 16 heavy (non-hydrogen) atoms. The van der Waals surface area contributed by atoms with Crippen molar-refractivity contribution in [1.29, 1.82) is 0 Å². The van der Waals surface area contributed by atoms with Crippen molar-refractivity contribution in [2.75, 3.05) is 13.2 Å². The fraction of sp³-hybridized carbons (Fsp3) is 0.900. The van der Waals surface area contributed by atoms with Gasteiger partial charge in [0.05, 0.1) is 25.3 Å². The second kappa shape index (κ2) is 6.55. The highest BCUT2D eigenvalue weighted by atomic mass is 16.5. The van der Waals surface area contributed by atoms with Gasteiger partial charge in [-0.25, -0.2) is 4.68 Å². The molecule has 0 amide bonds. The molecular weight excluding hydrogens is 206 g/mol. The minimum Gasteiger partial charge on any atom is -0.377 e. The van der Waals surface area contributed by atoms with E-state index in [-0.39, 0.29) is 12.1 Å². The third-order valence-corrected chi connectivity index (χ3v) is 2.21. The van der Waals surface area contributed by atoms with E-state index in [0.717, 1.165) is 12.4 Å². The molecule has 1 atom stereocenters. The van der Waals surface area contributed by atoms with E-state index in [9.17, 15) is 0 Å². The van der Waals surface area contributed by atoms with Crippen LogP contribution in [0, 0.1) is 0 Å². The molecule has 0 radical (unpaired) electrons. The summed E-state index contributed by atoms with van der Waals surface area (Å²) < 4.78 is 7.26. The Bertz CT molecular complexity index is 299. The average molecular weight is 227 g/mol. The Morgan fingerprint density at radius 3 is 2.75 bits per heavy atom. The van der Waals surface area contributed by atoms with Gasteiger partial charge in [0.25, 0.3) is 0 Å². The number of nitrogens with one attached hydrogen (secondary N) is 1. The number of rotatable bonds is 7. The maximum Gasteiger partial charge on any atom is 0.168 e. The average Bonchev–Trinajstić information content (AvgIpc) is 2.66. The summed E-state index contributed by atoms with van der Waals surface area (Å²) in [6, 6.07) is 0.166. The van der Waals surface area contributed by atoms with Crippen LogP contribution < -0.4 is 5.32 Å². The molecule has 0 bridgehead atoms. The summed E-state index contributed by atoms with van der Waals surface area (Å²) in [5.41, 5.74) is 0. The van der Waals surface area contributed by atoms with Crippen LogP contribution in [0.4, 0.5) is 0 Å². The summed E-state index contributed by atoms with van der Waals surface area (Å²) in [6.45, 7) is 10.4. The number of tetrazole rings is 1. The van der Waals surface area contributed by atoms with E-state index in [1.165, 1.54) is 0 Å². The van der Waals surface area contributed by atoms with Crippen molar-refractivity contribution >= 4 is 0 Å². The summed E-state index contributed by atoms with van der Waals surface area (Å²) in [7, 11) is 0. The van der Waals surface area contributed by atoms with Gasteiger partial charge in [-0.15, -0.1) is 5.10 Å². The lowest BCUT2D eigenvalue weighted by molar-refractivity contribution is 0.0699. The Kier molecular flexibility index (Phi) is 5.34. The molecule has 1 aromatic rings. The molecule has 0 fully saturated rings. The predicted molar refractivity (Wildman–Crippen MR) is 61.0 cm³/mol. The van der Waals surface area contributed by atoms with Gasteiger partial charge in [0.1, 0.15) is 0 Å². The second-order valence-electron chi connectivity index (χ2n) is 3.96. The van der Waals surface area contributed by atoms with Crippen molar-refractivity contribution in [1.82, 2.24) is 25.5 Å². The molecule has 0 aliphatic heterocycles. The Morgan fingerprint density at radius 2 is 2.12 bits per heavy atom. The zero-order chi connectivity index (χ0) is 12.0. The van der Waals surface area contributed by atoms with E-state index in [2.05, 4.69) is 34.7 Å². The molecule has 1 N–H and O–H groups in total. The van der Waals surface area contributed by atoms with E-state index >= 15 is 0 Å². The number of hydrogen-bond acceptors (Lipinski definition) is 5. The molecule has 0 spiro atoms. The summed E-state index contributed by atoms with van der Waals surface area (Å²) in [5.74, 6) is 0.856. The molecule has 1 rings (SSSR count). The molecule has 0 aliphatic rings. The molecule has 1 heterocycles. The van der Waals surface area contributed by atoms with Gasteiger partial charge in [0.15, 0.2) is 5.82 Å². The van der Waals surface area contributed by atoms with Gasteiger partial charge in [-0.1, -0.05) is 6.92 Å². The first-order valence-corrected chi connectivity index (χ1v) is 5.76. The Morgan fingerprint density at radius 1 is 1.38 bits per heavy atom. The number of nitrogens with zero attached hydrogens (tertiary/aromatic N) is 4. The normalized spacial score (nSPS) is 13.3. The SMILES string of the molecule is CCNC(C)c1nnnn1CCOC(C)C. The van der Waals surface area contributed by atoms with E-state index < -0.39 is 0 Å². The quantitative estimate of drug-likeness (QED) is 0.745. The van der Waals surface area contributed by atoms with Crippen molar-refractivity contribution in [2.45, 2.75) is 46.4 Å². The summed E-state index contributed by atoms with van der Waals surface area (Å²) in [6.07, 6.45) is 0.242. The van der Waals surface area contributed by atoms with Gasteiger partial charge in [-0.05, 0) is 37.7 Å². The standard InChI is InChI=1S/C10H21N5O/c1-5-11-9(4)10-12-13-14-15(10)6-7-16-8(2)3/h8-9,11H,5-7H2,1-4H3. The topological polar surface area (TPSA) is 64.9 Å². The third-order valence-electron chi connectivity index (χ3n) is 2.21. The molecule has 0 saturated heterocycles. The molecule has 0 aliphatic carbocycles. The molecule has 0 aromatic carbocycles. The first kappa shape index (κ1) is 13.1. The first-order chi connectivity index (χ1) is 7.65. The van der Waals surface area contributed by atoms with Gasteiger partial charge >= 0.3 is 0 Å². The van der Waals surface area contributed by atoms with E-state index in [4.69, 9.17) is 4.74 Å². The largest absolute Gasteiger partial charge is 0.377 e. The highest BCUT2D eigenvalue weighted by Crippen LogP contribution is 2.06. The summed E-state index contributed by atoms with van der Waals surface area (Å²) >= 11 is 0. The molecule has 1 unspecified atom stereocenters. The van der Waals surface area contributed by atoms with Crippen LogP contribution in [0.1, 0.15) is 39.6 Å². The van der Waals surface area contributed by atoms with Crippen LogP contribution in [0.3, 0.4) is 0 Å². The predicted octanol–water partition coefficient (Wildman–Crippen LogP) is 0.769. The minimum atomic E-state index is 0.166. The van der Waals surface area contributed by atoms with Crippen LogP contribution >= 0.6 is 0 Å². The number of hydrogen-bond donors (Lipinski definition) is 1. The molecular formula is C10H21N5O. The van der Waals surface area contributed by atoms with Gasteiger partial charge in [-0.3, -0.25) is 0 Å². The molecule has 6 heteroatoms. The highest BCUT2D eigenvalue weighted by molar-refractivity contribution is 4.89. The van der Waals surface area contributed by atoms with Gasteiger partial charge < -0.3 is 10.1 Å². The van der Waals surface area contributed by atoms with Gasteiger partial charge in [-0.2, -0.15) is 0 Å². The van der Waals surface area contributed by atoms with Crippen LogP contribution in [-0.4, -0.2) is 39.5 Å². The molecule has 1 aromatic heterocycles.